The summed E-state index contributed by atoms with van der Waals surface area (Å²) < 4.78 is 1.15. The minimum absolute atomic E-state index is 0.189. The first-order valence-electron chi connectivity index (χ1n) is 7.01. The molecule has 1 N–H and O–H groups in total. The van der Waals surface area contributed by atoms with Crippen molar-refractivity contribution in [3.05, 3.63) is 16.8 Å². The molecule has 0 bridgehead atoms. The molecule has 1 aliphatic heterocycles. The Morgan fingerprint density at radius 3 is 2.76 bits per heavy atom. The first-order chi connectivity index (χ1) is 9.97. The summed E-state index contributed by atoms with van der Waals surface area (Å²) in [5.41, 5.74) is 1.05. The fourth-order valence-electron chi connectivity index (χ4n) is 2.71. The maximum atomic E-state index is 12.6. The third kappa shape index (κ3) is 2.44. The van der Waals surface area contributed by atoms with E-state index in [0.717, 1.165) is 23.1 Å². The molecule has 0 spiro atoms. The fourth-order valence-corrected chi connectivity index (χ4v) is 2.95. The van der Waals surface area contributed by atoms with Crippen molar-refractivity contribution >= 4 is 28.7 Å². The number of amides is 1. The number of piperidine rings is 1. The van der Waals surface area contributed by atoms with Crippen molar-refractivity contribution in [2.24, 2.45) is 5.92 Å². The largest absolute Gasteiger partial charge is 0.492 e. The average molecular weight is 309 g/mol. The van der Waals surface area contributed by atoms with Crippen LogP contribution in [0.3, 0.4) is 0 Å². The molecule has 1 aliphatic rings. The zero-order valence-corrected chi connectivity index (χ0v) is 12.8. The molecular formula is C14H17ClN4O2. The SMILES string of the molecule is Cc1cc(Cl)nc2c1c(O)nn2C(=O)N1CCC(C)CC1. The highest BCUT2D eigenvalue weighted by Crippen LogP contribution is 2.28. The van der Waals surface area contributed by atoms with Gasteiger partial charge in [0, 0.05) is 13.1 Å². The van der Waals surface area contributed by atoms with E-state index in [4.69, 9.17) is 11.6 Å². The first kappa shape index (κ1) is 14.1. The second kappa shape index (κ2) is 5.18. The molecule has 3 heterocycles. The molecule has 2 aromatic heterocycles. The highest BCUT2D eigenvalue weighted by atomic mass is 35.5. The van der Waals surface area contributed by atoms with E-state index in [2.05, 4.69) is 17.0 Å². The highest BCUT2D eigenvalue weighted by molar-refractivity contribution is 6.30. The number of aromatic hydroxyl groups is 1. The predicted molar refractivity (Wildman–Crippen MR) is 79.7 cm³/mol. The van der Waals surface area contributed by atoms with Gasteiger partial charge in [-0.3, -0.25) is 0 Å². The number of aromatic nitrogens is 3. The fraction of sp³-hybridized carbons (Fsp3) is 0.500. The van der Waals surface area contributed by atoms with Crippen molar-refractivity contribution in [1.82, 2.24) is 19.7 Å². The Bertz CT molecular complexity index is 705. The van der Waals surface area contributed by atoms with Crippen LogP contribution in [-0.2, 0) is 0 Å². The lowest BCUT2D eigenvalue weighted by Crippen LogP contribution is -2.40. The van der Waals surface area contributed by atoms with Crippen molar-refractivity contribution in [3.8, 4) is 5.88 Å². The summed E-state index contributed by atoms with van der Waals surface area (Å²) >= 11 is 5.96. The summed E-state index contributed by atoms with van der Waals surface area (Å²) in [6.45, 7) is 5.37. The van der Waals surface area contributed by atoms with Gasteiger partial charge in [-0.05, 0) is 37.3 Å². The Morgan fingerprint density at radius 2 is 2.10 bits per heavy atom. The van der Waals surface area contributed by atoms with Gasteiger partial charge in [0.1, 0.15) is 5.15 Å². The van der Waals surface area contributed by atoms with E-state index in [-0.39, 0.29) is 17.1 Å². The van der Waals surface area contributed by atoms with Crippen LogP contribution in [0.1, 0.15) is 25.3 Å². The third-order valence-electron chi connectivity index (χ3n) is 4.02. The van der Waals surface area contributed by atoms with Crippen LogP contribution in [0.2, 0.25) is 5.15 Å². The lowest BCUT2D eigenvalue weighted by Gasteiger charge is -2.29. The van der Waals surface area contributed by atoms with Crippen LogP contribution in [0.15, 0.2) is 6.07 Å². The van der Waals surface area contributed by atoms with Gasteiger partial charge in [0.2, 0.25) is 5.88 Å². The molecule has 2 aromatic rings. The van der Waals surface area contributed by atoms with Crippen LogP contribution in [-0.4, -0.2) is 43.9 Å². The molecule has 0 aliphatic carbocycles. The van der Waals surface area contributed by atoms with Crippen LogP contribution in [0.25, 0.3) is 11.0 Å². The predicted octanol–water partition coefficient (Wildman–Crippen LogP) is 2.80. The minimum atomic E-state index is -0.263. The lowest BCUT2D eigenvalue weighted by atomic mass is 10.00. The van der Waals surface area contributed by atoms with Crippen molar-refractivity contribution in [2.45, 2.75) is 26.7 Å². The van der Waals surface area contributed by atoms with Crippen LogP contribution in [0, 0.1) is 12.8 Å². The number of hydrogen-bond acceptors (Lipinski definition) is 4. The molecule has 21 heavy (non-hydrogen) atoms. The van der Waals surface area contributed by atoms with E-state index in [1.165, 1.54) is 0 Å². The van der Waals surface area contributed by atoms with Gasteiger partial charge in [0.05, 0.1) is 5.39 Å². The van der Waals surface area contributed by atoms with Gasteiger partial charge in [-0.15, -0.1) is 5.10 Å². The van der Waals surface area contributed by atoms with Crippen LogP contribution < -0.4 is 0 Å². The van der Waals surface area contributed by atoms with E-state index >= 15 is 0 Å². The summed E-state index contributed by atoms with van der Waals surface area (Å²) in [5, 5.41) is 14.7. The Kier molecular flexibility index (Phi) is 3.49. The number of rotatable bonds is 0. The van der Waals surface area contributed by atoms with E-state index < -0.39 is 0 Å². The standard InChI is InChI=1S/C14H17ClN4O2/c1-8-3-5-18(6-4-8)14(21)19-12-11(13(20)17-19)9(2)7-10(15)16-12/h7-8H,3-6H2,1-2H3,(H,17,20). The van der Waals surface area contributed by atoms with Gasteiger partial charge in [-0.25, -0.2) is 9.78 Å². The molecule has 7 heteroatoms. The molecule has 6 nitrogen and oxygen atoms in total. The van der Waals surface area contributed by atoms with E-state index in [1.54, 1.807) is 17.9 Å². The van der Waals surface area contributed by atoms with Crippen LogP contribution in [0.4, 0.5) is 4.79 Å². The number of halogens is 1. The van der Waals surface area contributed by atoms with Gasteiger partial charge in [0.25, 0.3) is 0 Å². The minimum Gasteiger partial charge on any atom is -0.492 e. The Balaban J connectivity index is 2.02. The normalized spacial score (nSPS) is 16.6. The molecule has 0 radical (unpaired) electrons. The number of hydrogen-bond donors (Lipinski definition) is 1. The first-order valence-corrected chi connectivity index (χ1v) is 7.39. The number of fused-ring (bicyclic) bond motifs is 1. The second-order valence-electron chi connectivity index (χ2n) is 5.65. The van der Waals surface area contributed by atoms with Crippen molar-refractivity contribution in [2.75, 3.05) is 13.1 Å². The van der Waals surface area contributed by atoms with Crippen molar-refractivity contribution in [3.63, 3.8) is 0 Å². The van der Waals surface area contributed by atoms with Crippen molar-refractivity contribution in [1.29, 1.82) is 0 Å². The Labute approximate surface area is 127 Å². The maximum Gasteiger partial charge on any atom is 0.346 e. The quantitative estimate of drug-likeness (QED) is 0.760. The smallest absolute Gasteiger partial charge is 0.346 e. The second-order valence-corrected chi connectivity index (χ2v) is 6.04. The maximum absolute atomic E-state index is 12.6. The Hall–Kier alpha value is -1.82. The summed E-state index contributed by atoms with van der Waals surface area (Å²) in [7, 11) is 0. The van der Waals surface area contributed by atoms with Gasteiger partial charge in [-0.2, -0.15) is 4.68 Å². The highest BCUT2D eigenvalue weighted by Gasteiger charge is 2.26. The molecule has 1 fully saturated rings. The number of pyridine rings is 1. The molecule has 1 saturated heterocycles. The van der Waals surface area contributed by atoms with Crippen molar-refractivity contribution < 1.29 is 9.90 Å². The zero-order chi connectivity index (χ0) is 15.1. The van der Waals surface area contributed by atoms with Gasteiger partial charge in [0.15, 0.2) is 5.65 Å². The van der Waals surface area contributed by atoms with Crippen LogP contribution in [0.5, 0.6) is 5.88 Å². The van der Waals surface area contributed by atoms with E-state index in [9.17, 15) is 9.90 Å². The molecule has 0 saturated carbocycles. The monoisotopic (exact) mass is 308 g/mol. The number of carbonyl (C=O) groups is 1. The number of aryl methyl sites for hydroxylation is 1. The summed E-state index contributed by atoms with van der Waals surface area (Å²) in [6, 6.07) is 1.38. The summed E-state index contributed by atoms with van der Waals surface area (Å²) in [4.78, 5) is 18.5. The molecular weight excluding hydrogens is 292 g/mol. The van der Waals surface area contributed by atoms with E-state index in [0.29, 0.717) is 30.0 Å². The molecule has 0 aromatic carbocycles. The lowest BCUT2D eigenvalue weighted by molar-refractivity contribution is 0.173. The number of likely N-dealkylation sites (tertiary alicyclic amines) is 1. The number of nitrogens with zero attached hydrogens (tertiary/aromatic N) is 4. The summed E-state index contributed by atoms with van der Waals surface area (Å²) in [5.74, 6) is 0.442. The van der Waals surface area contributed by atoms with Gasteiger partial charge in [-0.1, -0.05) is 18.5 Å². The molecule has 3 rings (SSSR count). The Morgan fingerprint density at radius 1 is 1.43 bits per heavy atom. The molecule has 0 unspecified atom stereocenters. The summed E-state index contributed by atoms with van der Waals surface area (Å²) in [6.07, 6.45) is 1.95. The number of carbonyl (C=O) groups excluding carboxylic acids is 1. The zero-order valence-electron chi connectivity index (χ0n) is 12.0. The molecule has 0 atom stereocenters. The van der Waals surface area contributed by atoms with Gasteiger partial charge < -0.3 is 10.0 Å². The topological polar surface area (TPSA) is 71.2 Å². The third-order valence-corrected chi connectivity index (χ3v) is 4.21. The van der Waals surface area contributed by atoms with E-state index in [1.807, 2.05) is 0 Å². The molecule has 112 valence electrons. The van der Waals surface area contributed by atoms with Gasteiger partial charge >= 0.3 is 6.03 Å². The molecule has 1 amide bonds. The average Bonchev–Trinajstić information content (AvgIpc) is 2.76. The van der Waals surface area contributed by atoms with Crippen LogP contribution >= 0.6 is 11.6 Å².